The lowest BCUT2D eigenvalue weighted by molar-refractivity contribution is 0.971. The lowest BCUT2D eigenvalue weighted by Gasteiger charge is -2.02. The molecule has 0 aliphatic carbocycles. The first kappa shape index (κ1) is 13.8. The zero-order valence-corrected chi connectivity index (χ0v) is 11.3. The summed E-state index contributed by atoms with van der Waals surface area (Å²) in [4.78, 5) is 0. The van der Waals surface area contributed by atoms with Crippen LogP contribution in [-0.2, 0) is 0 Å². The van der Waals surface area contributed by atoms with E-state index in [4.69, 9.17) is 0 Å². The molecule has 1 aromatic rings. The van der Waals surface area contributed by atoms with Crippen molar-refractivity contribution in [3.8, 4) is 0 Å². The summed E-state index contributed by atoms with van der Waals surface area (Å²) in [5, 5.41) is 0. The molecule has 0 atom stereocenters. The Morgan fingerprint density at radius 1 is 0.857 bits per heavy atom. The Kier molecular flexibility index (Phi) is 7.95. The summed E-state index contributed by atoms with van der Waals surface area (Å²) in [6, 6.07) is 10.3. The normalized spacial score (nSPS) is 9.64. The second-order valence-electron chi connectivity index (χ2n) is 4.34. The van der Waals surface area contributed by atoms with Gasteiger partial charge in [0.25, 0.3) is 0 Å². The molecule has 0 aliphatic rings. The Balaban J connectivity index is 0.000000241. The number of benzene rings is 1. The molecule has 0 bridgehead atoms. The van der Waals surface area contributed by atoms with Gasteiger partial charge in [-0.25, -0.2) is 0 Å². The summed E-state index contributed by atoms with van der Waals surface area (Å²) >= 11 is 0.713. The van der Waals surface area contributed by atoms with Crippen molar-refractivity contribution < 1.29 is 0 Å². The van der Waals surface area contributed by atoms with Crippen LogP contribution in [0.1, 0.15) is 33.3 Å². The lowest BCUT2D eigenvalue weighted by Crippen LogP contribution is -1.98. The number of hydrogen-bond donors (Lipinski definition) is 0. The van der Waals surface area contributed by atoms with Gasteiger partial charge < -0.3 is 0 Å². The largest absolute Gasteiger partial charge is 0.208 e. The topological polar surface area (TPSA) is 0 Å². The van der Waals surface area contributed by atoms with E-state index in [-0.39, 0.29) is 0 Å². The third-order valence-electron chi connectivity index (χ3n) is 1.71. The van der Waals surface area contributed by atoms with Crippen LogP contribution in [0.3, 0.4) is 0 Å². The first-order valence-corrected chi connectivity index (χ1v) is 6.72. The van der Waals surface area contributed by atoms with Crippen molar-refractivity contribution in [2.24, 2.45) is 0 Å². The molecule has 0 aliphatic heterocycles. The molecule has 1 radical (unpaired) electrons. The molecule has 1 heteroatoms. The molecule has 0 N–H and O–H groups in total. The molecular weight excluding hydrogens is 183 g/mol. The van der Waals surface area contributed by atoms with E-state index in [1.54, 1.807) is 0 Å². The van der Waals surface area contributed by atoms with Crippen molar-refractivity contribution in [2.75, 3.05) is 0 Å². The highest BCUT2D eigenvalue weighted by atomic mass is 27.1. The van der Waals surface area contributed by atoms with E-state index in [9.17, 15) is 0 Å². The number of rotatable bonds is 2. The van der Waals surface area contributed by atoms with Crippen LogP contribution in [0.4, 0.5) is 0 Å². The quantitative estimate of drug-likeness (QED) is 0.630. The fourth-order valence-corrected chi connectivity index (χ4v) is 2.84. The standard InChI is InChI=1S/C7H8.2C3H7.Al/c1-7-5-3-2-4-6-7;2*1-3-2;/h2-6H,1H3;2*3H,1-2H3;. The molecule has 0 saturated heterocycles. The molecule has 1 rings (SSSR count). The van der Waals surface area contributed by atoms with Gasteiger partial charge >= 0.3 is 0 Å². The zero-order valence-electron chi connectivity index (χ0n) is 10.1. The van der Waals surface area contributed by atoms with Crippen molar-refractivity contribution in [1.82, 2.24) is 0 Å². The third kappa shape index (κ3) is 9.84. The molecule has 0 fully saturated rings. The summed E-state index contributed by atoms with van der Waals surface area (Å²) in [5.74, 6) is 0. The Morgan fingerprint density at radius 3 is 1.43 bits per heavy atom. The summed E-state index contributed by atoms with van der Waals surface area (Å²) in [6.07, 6.45) is 0. The van der Waals surface area contributed by atoms with Gasteiger partial charge in [0.2, 0.25) is 15.2 Å². The van der Waals surface area contributed by atoms with Crippen LogP contribution >= 0.6 is 0 Å². The molecule has 0 aromatic heterocycles. The van der Waals surface area contributed by atoms with Gasteiger partial charge in [0.15, 0.2) is 0 Å². The van der Waals surface area contributed by atoms with Crippen LogP contribution in [0.25, 0.3) is 0 Å². The second-order valence-corrected chi connectivity index (χ2v) is 7.39. The van der Waals surface area contributed by atoms with E-state index >= 15 is 0 Å². The molecular formula is C13H22Al. The molecule has 0 saturated carbocycles. The average molecular weight is 205 g/mol. The first-order chi connectivity index (χ1) is 6.52. The van der Waals surface area contributed by atoms with Gasteiger partial charge in [0.05, 0.1) is 0 Å². The molecule has 0 amide bonds. The van der Waals surface area contributed by atoms with Crippen LogP contribution in [0.15, 0.2) is 30.3 Å². The van der Waals surface area contributed by atoms with E-state index in [0.717, 1.165) is 9.56 Å². The summed E-state index contributed by atoms with van der Waals surface area (Å²) < 4.78 is 1.92. The van der Waals surface area contributed by atoms with Crippen molar-refractivity contribution in [3.63, 3.8) is 0 Å². The number of aryl methyl sites for hydroxylation is 1. The monoisotopic (exact) mass is 205 g/mol. The van der Waals surface area contributed by atoms with E-state index < -0.39 is 0 Å². The third-order valence-corrected chi connectivity index (χ3v) is 3.25. The summed E-state index contributed by atoms with van der Waals surface area (Å²) in [6.45, 7) is 11.3. The Morgan fingerprint density at radius 2 is 1.29 bits per heavy atom. The van der Waals surface area contributed by atoms with Gasteiger partial charge in [-0.15, -0.1) is 0 Å². The zero-order chi connectivity index (χ0) is 11.0. The fraction of sp³-hybridized carbons (Fsp3) is 0.538. The van der Waals surface area contributed by atoms with Crippen molar-refractivity contribution in [3.05, 3.63) is 35.9 Å². The predicted octanol–water partition coefficient (Wildman–Crippen LogP) is 4.34. The van der Waals surface area contributed by atoms with E-state index in [1.165, 1.54) is 5.56 Å². The number of hydrogen-bond acceptors (Lipinski definition) is 0. The first-order valence-electron chi connectivity index (χ1n) is 5.39. The predicted molar refractivity (Wildman–Crippen MR) is 67.1 cm³/mol. The minimum atomic E-state index is 0.713. The fourth-order valence-electron chi connectivity index (χ4n) is 1.30. The minimum Gasteiger partial charge on any atom is -0.0983 e. The van der Waals surface area contributed by atoms with Gasteiger partial charge in [0.1, 0.15) is 0 Å². The van der Waals surface area contributed by atoms with Gasteiger partial charge in [0, 0.05) is 0 Å². The molecule has 0 nitrogen and oxygen atoms in total. The maximum absolute atomic E-state index is 2.30. The highest BCUT2D eigenvalue weighted by Crippen LogP contribution is 2.07. The van der Waals surface area contributed by atoms with Crippen LogP contribution in [-0.4, -0.2) is 15.2 Å². The van der Waals surface area contributed by atoms with E-state index in [2.05, 4.69) is 46.8 Å². The van der Waals surface area contributed by atoms with Gasteiger partial charge in [-0.05, 0) is 6.92 Å². The average Bonchev–Trinajstić information content (AvgIpc) is 2.03. The molecule has 0 heterocycles. The summed E-state index contributed by atoms with van der Waals surface area (Å²) in [5.41, 5.74) is 1.32. The highest BCUT2D eigenvalue weighted by Gasteiger charge is 1.99. The van der Waals surface area contributed by atoms with Crippen LogP contribution in [0, 0.1) is 6.92 Å². The molecule has 0 unspecified atom stereocenters. The summed E-state index contributed by atoms with van der Waals surface area (Å²) in [7, 11) is 0. The van der Waals surface area contributed by atoms with E-state index in [0.29, 0.717) is 15.2 Å². The lowest BCUT2D eigenvalue weighted by atomic mass is 10.2. The molecule has 14 heavy (non-hydrogen) atoms. The maximum Gasteiger partial charge on any atom is 0.208 e. The van der Waals surface area contributed by atoms with Crippen molar-refractivity contribution >= 4 is 15.2 Å². The molecule has 1 aromatic carbocycles. The van der Waals surface area contributed by atoms with Crippen molar-refractivity contribution in [1.29, 1.82) is 0 Å². The van der Waals surface area contributed by atoms with Crippen molar-refractivity contribution in [2.45, 2.75) is 44.2 Å². The smallest absolute Gasteiger partial charge is 0.0983 e. The van der Waals surface area contributed by atoms with Crippen LogP contribution < -0.4 is 0 Å². The van der Waals surface area contributed by atoms with E-state index in [1.807, 2.05) is 18.2 Å². The van der Waals surface area contributed by atoms with Gasteiger partial charge in [-0.1, -0.05) is 73.1 Å². The second kappa shape index (κ2) is 8.09. The SMILES string of the molecule is C[CH](C)[Al][CH](C)C.Cc1ccccc1. The van der Waals surface area contributed by atoms with Crippen LogP contribution in [0.2, 0.25) is 9.56 Å². The van der Waals surface area contributed by atoms with Crippen LogP contribution in [0.5, 0.6) is 0 Å². The Labute approximate surface area is 95.4 Å². The molecule has 77 valence electrons. The Hall–Kier alpha value is -0.248. The Bertz CT molecular complexity index is 208. The molecule has 0 spiro atoms. The van der Waals surface area contributed by atoms with Gasteiger partial charge in [-0.3, -0.25) is 0 Å². The highest BCUT2D eigenvalue weighted by molar-refractivity contribution is 6.38. The maximum atomic E-state index is 2.30. The van der Waals surface area contributed by atoms with Gasteiger partial charge in [-0.2, -0.15) is 0 Å². The minimum absolute atomic E-state index is 0.713.